The number of hydrogen-bond donors (Lipinski definition) is 1. The average Bonchev–Trinajstić information content (AvgIpc) is 2.94. The predicted molar refractivity (Wildman–Crippen MR) is 143 cm³/mol. The van der Waals surface area contributed by atoms with E-state index in [1.54, 1.807) is 6.20 Å². The fraction of sp³-hybridized carbons (Fsp3) is 0.393. The quantitative estimate of drug-likeness (QED) is 0.284. The zero-order valence-corrected chi connectivity index (χ0v) is 21.3. The first-order chi connectivity index (χ1) is 18.8. The van der Waals surface area contributed by atoms with Gasteiger partial charge in [-0.05, 0) is 56.0 Å². The maximum Gasteiger partial charge on any atom is 0.423 e. The fourth-order valence-corrected chi connectivity index (χ4v) is 5.24. The van der Waals surface area contributed by atoms with Gasteiger partial charge in [-0.15, -0.1) is 0 Å². The smallest absolute Gasteiger partial charge is 0.423 e. The Morgan fingerprint density at radius 3 is 2.28 bits per heavy atom. The fourth-order valence-electron chi connectivity index (χ4n) is 5.24. The van der Waals surface area contributed by atoms with Gasteiger partial charge in [-0.2, -0.15) is 13.2 Å². The van der Waals surface area contributed by atoms with Crippen molar-refractivity contribution >= 4 is 22.9 Å². The Hall–Kier alpha value is -4.02. The highest BCUT2D eigenvalue weighted by Crippen LogP contribution is 2.38. The van der Waals surface area contributed by atoms with Gasteiger partial charge in [0.1, 0.15) is 17.1 Å². The molecule has 1 aliphatic carbocycles. The van der Waals surface area contributed by atoms with Crippen molar-refractivity contribution in [2.75, 3.05) is 41.3 Å². The second kappa shape index (κ2) is 11.4. The van der Waals surface area contributed by atoms with Gasteiger partial charge in [0.15, 0.2) is 0 Å². The van der Waals surface area contributed by atoms with Gasteiger partial charge in [-0.3, -0.25) is 10.1 Å². The molecule has 206 valence electrons. The largest absolute Gasteiger partial charge is 0.490 e. The predicted octanol–water partition coefficient (Wildman–Crippen LogP) is 6.14. The van der Waals surface area contributed by atoms with E-state index in [4.69, 9.17) is 4.74 Å². The Morgan fingerprint density at radius 1 is 0.923 bits per heavy atom. The van der Waals surface area contributed by atoms with Crippen LogP contribution in [0.5, 0.6) is 5.75 Å². The maximum absolute atomic E-state index is 13.3. The lowest BCUT2D eigenvalue weighted by molar-refractivity contribution is -0.388. The number of hydrogen-bond acceptors (Lipinski definition) is 7. The number of nitro groups is 1. The number of aromatic nitrogens is 1. The summed E-state index contributed by atoms with van der Waals surface area (Å²) in [5, 5.41) is 14.1. The number of pyridine rings is 1. The molecule has 1 saturated heterocycles. The maximum atomic E-state index is 13.3. The summed E-state index contributed by atoms with van der Waals surface area (Å²) in [6.45, 7) is 3.54. The van der Waals surface area contributed by atoms with E-state index in [9.17, 15) is 23.3 Å². The molecule has 1 aromatic heterocycles. The lowest BCUT2D eigenvalue weighted by atomic mass is 9.92. The van der Waals surface area contributed by atoms with E-state index < -0.39 is 22.4 Å². The first-order valence-electron chi connectivity index (χ1n) is 13.1. The van der Waals surface area contributed by atoms with Crippen molar-refractivity contribution in [3.8, 4) is 5.75 Å². The highest BCUT2D eigenvalue weighted by Gasteiger charge is 2.38. The number of anilines is 3. The number of alkyl halides is 3. The van der Waals surface area contributed by atoms with Crippen molar-refractivity contribution in [1.29, 1.82) is 0 Å². The van der Waals surface area contributed by atoms with Gasteiger partial charge in [-0.1, -0.05) is 18.2 Å². The molecule has 0 unspecified atom stereocenters. The van der Waals surface area contributed by atoms with Gasteiger partial charge in [-0.25, -0.2) is 4.98 Å². The van der Waals surface area contributed by atoms with Crippen molar-refractivity contribution in [3.63, 3.8) is 0 Å². The third-order valence-corrected chi connectivity index (χ3v) is 7.29. The Kier molecular flexibility index (Phi) is 7.76. The molecule has 0 atom stereocenters. The number of benzene rings is 2. The van der Waals surface area contributed by atoms with Crippen LogP contribution in [0.25, 0.3) is 0 Å². The summed E-state index contributed by atoms with van der Waals surface area (Å²) in [6, 6.07) is 17.2. The van der Waals surface area contributed by atoms with Crippen molar-refractivity contribution in [2.24, 2.45) is 0 Å². The van der Waals surface area contributed by atoms with E-state index >= 15 is 0 Å². The molecule has 8 nitrogen and oxygen atoms in total. The second-order valence-corrected chi connectivity index (χ2v) is 9.88. The van der Waals surface area contributed by atoms with Crippen molar-refractivity contribution in [3.05, 3.63) is 82.5 Å². The number of nitrogens with one attached hydrogen (secondary N) is 1. The molecule has 1 aliphatic heterocycles. The number of para-hydroxylation sites is 1. The lowest BCUT2D eigenvalue weighted by Gasteiger charge is -2.37. The monoisotopic (exact) mass is 541 g/mol. The summed E-state index contributed by atoms with van der Waals surface area (Å²) in [5.74, 6) is 1.64. The van der Waals surface area contributed by atoms with E-state index in [-0.39, 0.29) is 17.8 Å². The zero-order chi connectivity index (χ0) is 27.4. The van der Waals surface area contributed by atoms with Crippen LogP contribution < -0.4 is 19.9 Å². The Bertz CT molecular complexity index is 1270. The summed E-state index contributed by atoms with van der Waals surface area (Å²) in [7, 11) is 0. The molecule has 0 spiro atoms. The molecule has 1 saturated carbocycles. The molecule has 2 heterocycles. The summed E-state index contributed by atoms with van der Waals surface area (Å²) < 4.78 is 46.2. The lowest BCUT2D eigenvalue weighted by Crippen LogP contribution is -2.46. The molecule has 0 bridgehead atoms. The van der Waals surface area contributed by atoms with Gasteiger partial charge in [0.2, 0.25) is 0 Å². The van der Waals surface area contributed by atoms with Crippen molar-refractivity contribution < 1.29 is 22.8 Å². The van der Waals surface area contributed by atoms with Crippen LogP contribution in [-0.2, 0) is 6.18 Å². The van der Waals surface area contributed by atoms with Gasteiger partial charge < -0.3 is 19.9 Å². The third kappa shape index (κ3) is 6.52. The van der Waals surface area contributed by atoms with Crippen LogP contribution in [-0.4, -0.2) is 48.2 Å². The minimum absolute atomic E-state index is 0.00387. The van der Waals surface area contributed by atoms with Crippen LogP contribution >= 0.6 is 0 Å². The van der Waals surface area contributed by atoms with Gasteiger partial charge >= 0.3 is 6.18 Å². The molecule has 2 aliphatic rings. The molecule has 1 N–H and O–H groups in total. The Labute approximate surface area is 224 Å². The minimum atomic E-state index is -4.80. The normalized spacial score (nSPS) is 20.0. The molecule has 0 amide bonds. The van der Waals surface area contributed by atoms with E-state index in [2.05, 4.69) is 32.2 Å². The number of ether oxygens (including phenoxy) is 1. The van der Waals surface area contributed by atoms with E-state index in [1.807, 2.05) is 30.3 Å². The standard InChI is InChI=1S/C28H30F3N5O3/c29-28(30,31)25-18-21(8-11-26(25)36(37)38)33-20-6-9-23(10-7-20)39-24-12-13-32-27(19-24)35-16-14-34(15-17-35)22-4-2-1-3-5-22/h1-5,8,11-13,18-20,23,33H,6-7,9-10,14-17H2/t20-,23-. The van der Waals surface area contributed by atoms with Gasteiger partial charge in [0.05, 0.1) is 11.0 Å². The molecular formula is C28H30F3N5O3. The van der Waals surface area contributed by atoms with E-state index in [1.165, 1.54) is 11.8 Å². The van der Waals surface area contributed by atoms with Crippen LogP contribution in [0.1, 0.15) is 31.2 Å². The van der Waals surface area contributed by atoms with Crippen molar-refractivity contribution in [1.82, 2.24) is 4.98 Å². The van der Waals surface area contributed by atoms with E-state index in [0.717, 1.165) is 62.7 Å². The summed E-state index contributed by atoms with van der Waals surface area (Å²) in [5.41, 5.74) is -0.741. The highest BCUT2D eigenvalue weighted by molar-refractivity contribution is 5.56. The molecule has 11 heteroatoms. The molecule has 2 fully saturated rings. The molecule has 5 rings (SSSR count). The van der Waals surface area contributed by atoms with Crippen LogP contribution in [0.15, 0.2) is 66.9 Å². The molecular weight excluding hydrogens is 511 g/mol. The van der Waals surface area contributed by atoms with Crippen LogP contribution in [0.2, 0.25) is 0 Å². The highest BCUT2D eigenvalue weighted by atomic mass is 19.4. The Balaban J connectivity index is 1.13. The zero-order valence-electron chi connectivity index (χ0n) is 21.3. The first-order valence-corrected chi connectivity index (χ1v) is 13.1. The molecule has 3 aromatic rings. The average molecular weight is 542 g/mol. The number of piperazine rings is 1. The molecule has 2 aromatic carbocycles. The first kappa shape index (κ1) is 26.6. The second-order valence-electron chi connectivity index (χ2n) is 9.88. The summed E-state index contributed by atoms with van der Waals surface area (Å²) in [4.78, 5) is 19.2. The SMILES string of the molecule is O=[N+]([O-])c1ccc(N[C@H]2CC[C@H](Oc3ccnc(N4CCN(c5ccccc5)CC4)c3)CC2)cc1C(F)(F)F. The number of halogens is 3. The number of nitrogens with zero attached hydrogens (tertiary/aromatic N) is 4. The minimum Gasteiger partial charge on any atom is -0.490 e. The van der Waals surface area contributed by atoms with Crippen LogP contribution in [0.3, 0.4) is 0 Å². The molecule has 39 heavy (non-hydrogen) atoms. The van der Waals surface area contributed by atoms with E-state index in [0.29, 0.717) is 12.8 Å². The number of rotatable bonds is 7. The number of nitro benzene ring substituents is 1. The molecule has 0 radical (unpaired) electrons. The van der Waals surface area contributed by atoms with Crippen LogP contribution in [0.4, 0.5) is 36.1 Å². The summed E-state index contributed by atoms with van der Waals surface area (Å²) >= 11 is 0. The van der Waals surface area contributed by atoms with Crippen LogP contribution in [0, 0.1) is 10.1 Å². The summed E-state index contributed by atoms with van der Waals surface area (Å²) in [6.07, 6.45) is -0.145. The van der Waals surface area contributed by atoms with Gasteiger partial charge in [0, 0.05) is 61.9 Å². The van der Waals surface area contributed by atoms with Crippen molar-refractivity contribution in [2.45, 2.75) is 44.0 Å². The Morgan fingerprint density at radius 2 is 1.62 bits per heavy atom. The van der Waals surface area contributed by atoms with Gasteiger partial charge in [0.25, 0.3) is 5.69 Å². The topological polar surface area (TPSA) is 83.8 Å². The third-order valence-electron chi connectivity index (χ3n) is 7.29.